The highest BCUT2D eigenvalue weighted by molar-refractivity contribution is 5.78. The Labute approximate surface area is 233 Å². The zero-order valence-electron chi connectivity index (χ0n) is 23.1. The molecule has 1 N–H and O–H groups in total. The van der Waals surface area contributed by atoms with Gasteiger partial charge in [-0.15, -0.1) is 0 Å². The first-order valence-corrected chi connectivity index (χ1v) is 14.6. The van der Waals surface area contributed by atoms with Crippen molar-refractivity contribution in [3.63, 3.8) is 0 Å². The molecule has 0 amide bonds. The summed E-state index contributed by atoms with van der Waals surface area (Å²) in [6.45, 7) is 5.26. The average molecular weight is 556 g/mol. The first-order chi connectivity index (χ1) is 19.6. The van der Waals surface area contributed by atoms with Crippen LogP contribution in [0.15, 0.2) is 30.3 Å². The molecule has 3 aromatic rings. The largest absolute Gasteiger partial charge is 0.383 e. The molecule has 11 heteroatoms. The zero-order chi connectivity index (χ0) is 27.5. The highest BCUT2D eigenvalue weighted by Crippen LogP contribution is 2.33. The van der Waals surface area contributed by atoms with Crippen molar-refractivity contribution >= 4 is 22.8 Å². The van der Waals surface area contributed by atoms with Crippen LogP contribution in [0.1, 0.15) is 50.8 Å². The predicted molar refractivity (Wildman–Crippen MR) is 150 cm³/mol. The number of methoxy groups -OCH3 is 1. The number of ether oxygens (including phenoxy) is 2. The number of aromatic nitrogens is 4. The smallest absolute Gasteiger partial charge is 0.296 e. The van der Waals surface area contributed by atoms with Gasteiger partial charge in [0.25, 0.3) is 6.43 Å². The maximum atomic E-state index is 14.1. The number of anilines is 2. The van der Waals surface area contributed by atoms with E-state index in [1.165, 1.54) is 36.8 Å². The van der Waals surface area contributed by atoms with E-state index in [9.17, 15) is 8.78 Å². The number of halogens is 2. The van der Waals surface area contributed by atoms with Crippen LogP contribution in [0.4, 0.5) is 20.5 Å². The van der Waals surface area contributed by atoms with Crippen molar-refractivity contribution in [1.82, 2.24) is 24.4 Å². The molecule has 1 aliphatic carbocycles. The number of fused-ring (bicyclic) bond motifs is 1. The molecule has 3 fully saturated rings. The third-order valence-electron chi connectivity index (χ3n) is 8.64. The summed E-state index contributed by atoms with van der Waals surface area (Å²) in [5, 5.41) is 3.54. The Morgan fingerprint density at radius 3 is 2.60 bits per heavy atom. The van der Waals surface area contributed by atoms with Gasteiger partial charge in [0.15, 0.2) is 5.82 Å². The molecule has 1 atom stereocenters. The fraction of sp³-hybridized carbons (Fsp3) is 0.621. The van der Waals surface area contributed by atoms with Gasteiger partial charge in [-0.2, -0.15) is 9.97 Å². The van der Waals surface area contributed by atoms with Gasteiger partial charge in [-0.05, 0) is 63.1 Å². The van der Waals surface area contributed by atoms with E-state index in [0.29, 0.717) is 72.9 Å². The first kappa shape index (κ1) is 27.3. The number of hydrogen-bond donors (Lipinski definition) is 1. The van der Waals surface area contributed by atoms with Gasteiger partial charge in [0.05, 0.1) is 30.9 Å². The molecule has 6 rings (SSSR count). The third kappa shape index (κ3) is 5.77. The standard InChI is InChI=1S/C29H39F2N7O2/c1-39-19-22-5-4-12-37(22)21-10-8-20(9-11-21)18-32-25-17-26(35-29(34-25)36-13-15-40-16-14-36)38-24-7-3-2-6-23(24)33-28(38)27(30)31/h2-3,6-7,17,20-22,27H,4-5,8-16,18-19H2,1H3,(H,32,34,35)/t20-,21-,22-/m0/s1. The lowest BCUT2D eigenvalue weighted by Gasteiger charge is -2.38. The molecule has 2 saturated heterocycles. The molecule has 0 bridgehead atoms. The lowest BCUT2D eigenvalue weighted by molar-refractivity contribution is 0.0688. The molecule has 3 aliphatic rings. The van der Waals surface area contributed by atoms with Crippen molar-refractivity contribution in [2.45, 2.75) is 57.0 Å². The Bertz CT molecular complexity index is 1270. The summed E-state index contributed by atoms with van der Waals surface area (Å²) in [4.78, 5) is 18.5. The highest BCUT2D eigenvalue weighted by atomic mass is 19.3. The van der Waals surface area contributed by atoms with Gasteiger partial charge in [-0.3, -0.25) is 9.47 Å². The molecule has 1 aromatic carbocycles. The normalized spacial score (nSPS) is 24.3. The Kier molecular flexibility index (Phi) is 8.40. The van der Waals surface area contributed by atoms with Crippen LogP contribution in [0.25, 0.3) is 16.9 Å². The third-order valence-corrected chi connectivity index (χ3v) is 8.64. The second-order valence-corrected chi connectivity index (χ2v) is 11.2. The van der Waals surface area contributed by atoms with Gasteiger partial charge in [0.2, 0.25) is 5.95 Å². The van der Waals surface area contributed by atoms with Gasteiger partial charge >= 0.3 is 0 Å². The zero-order valence-corrected chi connectivity index (χ0v) is 23.1. The molecular formula is C29H39F2N7O2. The van der Waals surface area contributed by atoms with E-state index in [0.717, 1.165) is 26.0 Å². The number of hydrogen-bond acceptors (Lipinski definition) is 8. The Morgan fingerprint density at radius 1 is 1.02 bits per heavy atom. The van der Waals surface area contributed by atoms with E-state index < -0.39 is 6.43 Å². The van der Waals surface area contributed by atoms with Crippen LogP contribution in [0, 0.1) is 5.92 Å². The van der Waals surface area contributed by atoms with Gasteiger partial charge in [0.1, 0.15) is 11.6 Å². The number of nitrogens with one attached hydrogen (secondary N) is 1. The monoisotopic (exact) mass is 555 g/mol. The average Bonchev–Trinajstić information content (AvgIpc) is 3.62. The number of benzene rings is 1. The topological polar surface area (TPSA) is 80.6 Å². The predicted octanol–water partition coefficient (Wildman–Crippen LogP) is 4.67. The van der Waals surface area contributed by atoms with Gasteiger partial charge in [0, 0.05) is 44.9 Å². The van der Waals surface area contributed by atoms with Crippen molar-refractivity contribution in [1.29, 1.82) is 0 Å². The van der Waals surface area contributed by atoms with Crippen LogP contribution in [0.2, 0.25) is 0 Å². The van der Waals surface area contributed by atoms with E-state index in [1.807, 2.05) is 6.07 Å². The van der Waals surface area contributed by atoms with Crippen molar-refractivity contribution in [3.8, 4) is 5.82 Å². The van der Waals surface area contributed by atoms with Gasteiger partial charge < -0.3 is 19.7 Å². The number of alkyl halides is 2. The first-order valence-electron chi connectivity index (χ1n) is 14.6. The minimum Gasteiger partial charge on any atom is -0.383 e. The number of nitrogens with zero attached hydrogens (tertiary/aromatic N) is 6. The Morgan fingerprint density at radius 2 is 1.82 bits per heavy atom. The van der Waals surface area contributed by atoms with Crippen LogP contribution in [-0.4, -0.2) is 89.6 Å². The van der Waals surface area contributed by atoms with Gasteiger partial charge in [-0.1, -0.05) is 12.1 Å². The lowest BCUT2D eigenvalue weighted by Crippen LogP contribution is -2.43. The fourth-order valence-corrected chi connectivity index (χ4v) is 6.60. The van der Waals surface area contributed by atoms with Crippen LogP contribution in [-0.2, 0) is 9.47 Å². The van der Waals surface area contributed by atoms with E-state index in [2.05, 4.69) is 20.1 Å². The summed E-state index contributed by atoms with van der Waals surface area (Å²) >= 11 is 0. The molecule has 0 spiro atoms. The summed E-state index contributed by atoms with van der Waals surface area (Å²) in [7, 11) is 1.80. The van der Waals surface area contributed by atoms with Crippen molar-refractivity contribution in [2.75, 3.05) is 63.3 Å². The van der Waals surface area contributed by atoms with Crippen LogP contribution < -0.4 is 10.2 Å². The minimum atomic E-state index is -2.74. The van der Waals surface area contributed by atoms with E-state index in [1.54, 1.807) is 31.4 Å². The molecule has 2 aliphatic heterocycles. The summed E-state index contributed by atoms with van der Waals surface area (Å²) in [6.07, 6.45) is 4.46. The highest BCUT2D eigenvalue weighted by Gasteiger charge is 2.33. The molecule has 9 nitrogen and oxygen atoms in total. The summed E-state index contributed by atoms with van der Waals surface area (Å²) in [6, 6.07) is 10.1. The van der Waals surface area contributed by atoms with Crippen LogP contribution in [0.5, 0.6) is 0 Å². The Balaban J connectivity index is 1.21. The molecule has 0 unspecified atom stereocenters. The second kappa shape index (κ2) is 12.3. The maximum Gasteiger partial charge on any atom is 0.296 e. The lowest BCUT2D eigenvalue weighted by atomic mass is 9.85. The summed E-state index contributed by atoms with van der Waals surface area (Å²) < 4.78 is 40.7. The number of likely N-dealkylation sites (tertiary alicyclic amines) is 1. The molecule has 1 saturated carbocycles. The number of rotatable bonds is 9. The van der Waals surface area contributed by atoms with Crippen molar-refractivity contribution in [2.24, 2.45) is 5.92 Å². The molecular weight excluding hydrogens is 516 g/mol. The van der Waals surface area contributed by atoms with Crippen molar-refractivity contribution < 1.29 is 18.3 Å². The Hall–Kier alpha value is -2.89. The van der Waals surface area contributed by atoms with Gasteiger partial charge in [-0.25, -0.2) is 13.8 Å². The van der Waals surface area contributed by atoms with E-state index in [-0.39, 0.29) is 5.82 Å². The van der Waals surface area contributed by atoms with Crippen molar-refractivity contribution in [3.05, 3.63) is 36.2 Å². The molecule has 40 heavy (non-hydrogen) atoms. The number of morpholine rings is 1. The SMILES string of the molecule is COC[C@@H]1CCCN1[C@H]1CC[C@H](CNc2cc(-n3c(C(F)F)nc4ccccc43)nc(N3CCOCC3)n2)CC1. The molecule has 4 heterocycles. The van der Waals surface area contributed by atoms with Crippen LogP contribution in [0.3, 0.4) is 0 Å². The summed E-state index contributed by atoms with van der Waals surface area (Å²) in [5.74, 6) is 1.78. The van der Waals surface area contributed by atoms with Crippen LogP contribution >= 0.6 is 0 Å². The molecule has 216 valence electrons. The second-order valence-electron chi connectivity index (χ2n) is 11.2. The minimum absolute atomic E-state index is 0.314. The summed E-state index contributed by atoms with van der Waals surface area (Å²) in [5.41, 5.74) is 1.11. The number of imidazole rings is 1. The molecule has 0 radical (unpaired) electrons. The fourth-order valence-electron chi connectivity index (χ4n) is 6.60. The quantitative estimate of drug-likeness (QED) is 0.408. The number of para-hydroxylation sites is 2. The van der Waals surface area contributed by atoms with E-state index in [4.69, 9.17) is 19.4 Å². The molecule has 2 aromatic heterocycles. The van der Waals surface area contributed by atoms with E-state index >= 15 is 0 Å². The maximum absolute atomic E-state index is 14.1.